The molecule has 3 aliphatic rings. The minimum Gasteiger partial charge on any atom is -0.392 e. The van der Waals surface area contributed by atoms with Crippen molar-refractivity contribution < 1.29 is 19.1 Å². The maximum Gasteiger partial charge on any atom is 0.317 e. The summed E-state index contributed by atoms with van der Waals surface area (Å²) in [6.07, 6.45) is 2.21. The summed E-state index contributed by atoms with van der Waals surface area (Å²) in [5, 5.41) is 15.4. The van der Waals surface area contributed by atoms with Gasteiger partial charge in [-0.2, -0.15) is 0 Å². The fraction of sp³-hybridized carbons (Fsp3) is 0.875. The Morgan fingerprint density at radius 2 is 1.92 bits per heavy atom. The molecule has 3 heterocycles. The van der Waals surface area contributed by atoms with Gasteiger partial charge >= 0.3 is 6.03 Å². The Kier molecular flexibility index (Phi) is 7.27. The number of piperidine rings is 1. The van der Waals surface area contributed by atoms with Gasteiger partial charge in [-0.1, -0.05) is 0 Å². The maximum absolute atomic E-state index is 13.8. The Labute approximate surface area is 153 Å². The quantitative estimate of drug-likeness (QED) is 0.658. The highest BCUT2D eigenvalue weighted by Crippen LogP contribution is 2.23. The summed E-state index contributed by atoms with van der Waals surface area (Å²) in [5.41, 5.74) is 0. The van der Waals surface area contributed by atoms with Crippen molar-refractivity contribution in [2.75, 3.05) is 32.7 Å². The largest absolute Gasteiger partial charge is 0.392 e. The Balaban J connectivity index is 0.00000225. The average molecular weight is 379 g/mol. The fourth-order valence-corrected chi connectivity index (χ4v) is 3.84. The van der Waals surface area contributed by atoms with Gasteiger partial charge in [0.15, 0.2) is 0 Å². The lowest BCUT2D eigenvalue weighted by atomic mass is 10.1. The normalized spacial score (nSPS) is 32.4. The van der Waals surface area contributed by atoms with Crippen LogP contribution < -0.4 is 10.6 Å². The number of carbonyl (C=O) groups excluding carboxylic acids is 2. The van der Waals surface area contributed by atoms with Gasteiger partial charge in [0.25, 0.3) is 0 Å². The van der Waals surface area contributed by atoms with E-state index >= 15 is 0 Å². The molecule has 4 atom stereocenters. The van der Waals surface area contributed by atoms with Gasteiger partial charge in [-0.05, 0) is 25.7 Å². The number of urea groups is 1. The fourth-order valence-electron chi connectivity index (χ4n) is 3.84. The first-order valence-corrected chi connectivity index (χ1v) is 8.93. The second kappa shape index (κ2) is 9.00. The molecule has 0 aromatic rings. The topological polar surface area (TPSA) is 84.9 Å². The molecule has 0 aliphatic carbocycles. The second-order valence-electron chi connectivity index (χ2n) is 7.06. The van der Waals surface area contributed by atoms with E-state index in [0.717, 1.165) is 32.4 Å². The number of alkyl halides is 1. The number of amides is 3. The average Bonchev–Trinajstić information content (AvgIpc) is 3.18. The molecule has 3 aliphatic heterocycles. The van der Waals surface area contributed by atoms with Crippen LogP contribution in [0, 0.1) is 0 Å². The summed E-state index contributed by atoms with van der Waals surface area (Å²) in [4.78, 5) is 28.1. The molecule has 0 aromatic heterocycles. The van der Waals surface area contributed by atoms with Crippen molar-refractivity contribution in [2.24, 2.45) is 0 Å². The van der Waals surface area contributed by atoms with Gasteiger partial charge in [0.05, 0.1) is 24.7 Å². The number of halogens is 2. The van der Waals surface area contributed by atoms with Gasteiger partial charge in [0, 0.05) is 32.6 Å². The van der Waals surface area contributed by atoms with Crippen LogP contribution in [0.15, 0.2) is 0 Å². The zero-order valence-corrected chi connectivity index (χ0v) is 15.1. The van der Waals surface area contributed by atoms with Crippen molar-refractivity contribution in [1.82, 2.24) is 20.4 Å². The molecular weight excluding hydrogens is 351 g/mol. The number of nitrogens with zero attached hydrogens (tertiary/aromatic N) is 2. The molecule has 144 valence electrons. The first-order valence-electron chi connectivity index (χ1n) is 8.93. The van der Waals surface area contributed by atoms with Gasteiger partial charge in [-0.25, -0.2) is 9.18 Å². The van der Waals surface area contributed by atoms with Crippen LogP contribution in [0.1, 0.15) is 32.1 Å². The van der Waals surface area contributed by atoms with Crippen molar-refractivity contribution in [2.45, 2.75) is 56.5 Å². The zero-order chi connectivity index (χ0) is 17.1. The van der Waals surface area contributed by atoms with E-state index < -0.39 is 18.3 Å². The molecule has 3 amide bonds. The summed E-state index contributed by atoms with van der Waals surface area (Å²) < 4.78 is 13.8. The van der Waals surface area contributed by atoms with E-state index in [-0.39, 0.29) is 49.9 Å². The highest BCUT2D eigenvalue weighted by atomic mass is 35.5. The Bertz CT molecular complexity index is 478. The number of hydrogen-bond donors (Lipinski definition) is 3. The molecule has 3 rings (SSSR count). The summed E-state index contributed by atoms with van der Waals surface area (Å²) in [6.45, 7) is 2.25. The SMILES string of the molecule is Cl.O=C(NC[C@@H]1C[C@H](F)CN1C(=O)[C@@H]1C[C@@H](O)CN1)N1CCCCC1. The van der Waals surface area contributed by atoms with E-state index in [9.17, 15) is 19.1 Å². The van der Waals surface area contributed by atoms with Crippen molar-refractivity contribution >= 4 is 24.3 Å². The summed E-state index contributed by atoms with van der Waals surface area (Å²) in [6, 6.07) is -0.898. The first kappa shape index (κ1) is 20.2. The Morgan fingerprint density at radius 1 is 1.20 bits per heavy atom. The monoisotopic (exact) mass is 378 g/mol. The van der Waals surface area contributed by atoms with Crippen LogP contribution >= 0.6 is 12.4 Å². The van der Waals surface area contributed by atoms with E-state index in [4.69, 9.17) is 0 Å². The molecule has 3 saturated heterocycles. The molecule has 3 N–H and O–H groups in total. The first-order chi connectivity index (χ1) is 11.5. The van der Waals surface area contributed by atoms with E-state index in [1.165, 1.54) is 4.90 Å². The van der Waals surface area contributed by atoms with Crippen LogP contribution in [0.4, 0.5) is 9.18 Å². The molecule has 0 spiro atoms. The maximum atomic E-state index is 13.8. The standard InChI is InChI=1S/C16H27FN4O3.ClH/c17-11-6-12(8-19-16(24)20-4-2-1-3-5-20)21(10-11)15(23)14-7-13(22)9-18-14;/h11-14,18,22H,1-10H2,(H,19,24);1H/t11-,12-,13+,14-;/m0./s1. The molecule has 0 bridgehead atoms. The highest BCUT2D eigenvalue weighted by Gasteiger charge is 2.40. The number of rotatable bonds is 3. The van der Waals surface area contributed by atoms with Gasteiger partial charge in [-0.3, -0.25) is 4.79 Å². The molecule has 7 nitrogen and oxygen atoms in total. The molecule has 0 radical (unpaired) electrons. The number of carbonyl (C=O) groups is 2. The van der Waals surface area contributed by atoms with E-state index in [0.29, 0.717) is 13.0 Å². The molecular formula is C16H28ClFN4O3. The van der Waals surface area contributed by atoms with Crippen molar-refractivity contribution in [3.05, 3.63) is 0 Å². The number of aliphatic hydroxyl groups is 1. The van der Waals surface area contributed by atoms with Crippen LogP contribution in [0.3, 0.4) is 0 Å². The summed E-state index contributed by atoms with van der Waals surface area (Å²) in [7, 11) is 0. The molecule has 0 aromatic carbocycles. The minimum atomic E-state index is -1.06. The minimum absolute atomic E-state index is 0. The lowest BCUT2D eigenvalue weighted by molar-refractivity contribution is -0.134. The lowest BCUT2D eigenvalue weighted by Crippen LogP contribution is -2.51. The zero-order valence-electron chi connectivity index (χ0n) is 14.3. The Hall–Kier alpha value is -1.12. The van der Waals surface area contributed by atoms with Crippen LogP contribution in [0.5, 0.6) is 0 Å². The van der Waals surface area contributed by atoms with Gasteiger partial charge in [0.2, 0.25) is 5.91 Å². The third-order valence-electron chi connectivity index (χ3n) is 5.18. The molecule has 3 fully saturated rings. The van der Waals surface area contributed by atoms with E-state index in [1.807, 2.05) is 0 Å². The van der Waals surface area contributed by atoms with Crippen molar-refractivity contribution in [3.8, 4) is 0 Å². The molecule has 0 unspecified atom stereocenters. The predicted octanol–water partition coefficient (Wildman–Crippen LogP) is 0.266. The number of likely N-dealkylation sites (tertiary alicyclic amines) is 2. The van der Waals surface area contributed by atoms with E-state index in [2.05, 4.69) is 10.6 Å². The highest BCUT2D eigenvalue weighted by molar-refractivity contribution is 5.85. The van der Waals surface area contributed by atoms with Crippen LogP contribution in [0.25, 0.3) is 0 Å². The smallest absolute Gasteiger partial charge is 0.317 e. The van der Waals surface area contributed by atoms with Crippen LogP contribution in [-0.4, -0.2) is 83.9 Å². The summed E-state index contributed by atoms with van der Waals surface area (Å²) in [5.74, 6) is -0.177. The summed E-state index contributed by atoms with van der Waals surface area (Å²) >= 11 is 0. The molecule has 9 heteroatoms. The lowest BCUT2D eigenvalue weighted by Gasteiger charge is -2.30. The van der Waals surface area contributed by atoms with Gasteiger partial charge in [-0.15, -0.1) is 12.4 Å². The van der Waals surface area contributed by atoms with Crippen LogP contribution in [0.2, 0.25) is 0 Å². The molecule has 25 heavy (non-hydrogen) atoms. The number of nitrogens with one attached hydrogen (secondary N) is 2. The number of aliphatic hydroxyl groups excluding tert-OH is 1. The van der Waals surface area contributed by atoms with Gasteiger partial charge < -0.3 is 25.5 Å². The van der Waals surface area contributed by atoms with Crippen molar-refractivity contribution in [3.63, 3.8) is 0 Å². The Morgan fingerprint density at radius 3 is 2.56 bits per heavy atom. The number of hydrogen-bond acceptors (Lipinski definition) is 4. The van der Waals surface area contributed by atoms with Crippen LogP contribution in [-0.2, 0) is 4.79 Å². The van der Waals surface area contributed by atoms with Crippen molar-refractivity contribution in [1.29, 1.82) is 0 Å². The predicted molar refractivity (Wildman–Crippen MR) is 93.5 cm³/mol. The van der Waals surface area contributed by atoms with Gasteiger partial charge in [0.1, 0.15) is 6.17 Å². The third-order valence-corrected chi connectivity index (χ3v) is 5.18. The third kappa shape index (κ3) is 4.95. The van der Waals surface area contributed by atoms with E-state index in [1.54, 1.807) is 4.90 Å². The number of β-amino-alcohol motifs (C(OH)–C–C–N with tert-alkyl or cyclic N) is 1. The molecule has 0 saturated carbocycles. The second-order valence-corrected chi connectivity index (χ2v) is 7.06.